The minimum Gasteiger partial charge on any atom is -0.323 e. The molecule has 92 valence electrons. The predicted octanol–water partition coefficient (Wildman–Crippen LogP) is 1.54. The van der Waals surface area contributed by atoms with Crippen LogP contribution in [0.5, 0.6) is 0 Å². The van der Waals surface area contributed by atoms with Gasteiger partial charge in [0.1, 0.15) is 0 Å². The fraction of sp³-hybridized carbons (Fsp3) is 0.750. The maximum Gasteiger partial charge on any atom is 0.0537 e. The Morgan fingerprint density at radius 2 is 2.19 bits per heavy atom. The van der Waals surface area contributed by atoms with Gasteiger partial charge in [-0.15, -0.1) is 0 Å². The van der Waals surface area contributed by atoms with Crippen molar-refractivity contribution in [2.24, 2.45) is 12.8 Å². The third kappa shape index (κ3) is 3.61. The lowest BCUT2D eigenvalue weighted by atomic mass is 10.1. The lowest BCUT2D eigenvalue weighted by Gasteiger charge is -2.28. The van der Waals surface area contributed by atoms with Crippen LogP contribution in [0.25, 0.3) is 0 Å². The van der Waals surface area contributed by atoms with Crippen molar-refractivity contribution in [3.63, 3.8) is 0 Å². The molecule has 0 fully saturated rings. The molecule has 16 heavy (non-hydrogen) atoms. The predicted molar refractivity (Wildman–Crippen MR) is 67.1 cm³/mol. The molecule has 0 aromatic carbocycles. The molecule has 2 N–H and O–H groups in total. The van der Waals surface area contributed by atoms with E-state index in [4.69, 9.17) is 5.73 Å². The second kappa shape index (κ2) is 6.01. The standard InChI is InChI=1S/C12H24N4/c1-5-6-16(10(2)3)9-12(13)11-7-14-15(4)8-11/h7-8,10,12H,5-6,9,13H2,1-4H3. The first-order valence-corrected chi connectivity index (χ1v) is 6.02. The van der Waals surface area contributed by atoms with Gasteiger partial charge in [0.25, 0.3) is 0 Å². The van der Waals surface area contributed by atoms with Crippen LogP contribution in [-0.2, 0) is 7.05 Å². The highest BCUT2D eigenvalue weighted by Crippen LogP contribution is 2.12. The summed E-state index contributed by atoms with van der Waals surface area (Å²) in [5.41, 5.74) is 7.30. The molecular formula is C12H24N4. The topological polar surface area (TPSA) is 47.1 Å². The van der Waals surface area contributed by atoms with E-state index in [1.807, 2.05) is 19.4 Å². The summed E-state index contributed by atoms with van der Waals surface area (Å²) >= 11 is 0. The molecule has 1 rings (SSSR count). The van der Waals surface area contributed by atoms with Gasteiger partial charge in [0.15, 0.2) is 0 Å². The summed E-state index contributed by atoms with van der Waals surface area (Å²) < 4.78 is 1.80. The summed E-state index contributed by atoms with van der Waals surface area (Å²) in [6.07, 6.45) is 5.02. The van der Waals surface area contributed by atoms with Crippen molar-refractivity contribution in [1.29, 1.82) is 0 Å². The molecule has 0 aliphatic carbocycles. The average Bonchev–Trinajstić information content (AvgIpc) is 2.64. The van der Waals surface area contributed by atoms with Crippen LogP contribution in [0.1, 0.15) is 38.8 Å². The van der Waals surface area contributed by atoms with Gasteiger partial charge in [-0.05, 0) is 26.8 Å². The number of nitrogens with two attached hydrogens (primary N) is 1. The quantitative estimate of drug-likeness (QED) is 0.797. The molecule has 1 aromatic heterocycles. The van der Waals surface area contributed by atoms with Crippen molar-refractivity contribution < 1.29 is 0 Å². The molecule has 0 amide bonds. The highest BCUT2D eigenvalue weighted by molar-refractivity contribution is 5.10. The monoisotopic (exact) mass is 224 g/mol. The fourth-order valence-corrected chi connectivity index (χ4v) is 1.84. The lowest BCUT2D eigenvalue weighted by Crippen LogP contribution is -2.37. The van der Waals surface area contributed by atoms with Crippen LogP contribution < -0.4 is 5.73 Å². The molecule has 0 saturated carbocycles. The third-order valence-corrected chi connectivity index (χ3v) is 2.83. The molecule has 0 radical (unpaired) electrons. The van der Waals surface area contributed by atoms with Crippen LogP contribution in [-0.4, -0.2) is 33.8 Å². The summed E-state index contributed by atoms with van der Waals surface area (Å²) in [5.74, 6) is 0. The van der Waals surface area contributed by atoms with E-state index in [0.29, 0.717) is 6.04 Å². The first-order valence-electron chi connectivity index (χ1n) is 6.02. The molecule has 0 saturated heterocycles. The van der Waals surface area contributed by atoms with E-state index < -0.39 is 0 Å². The maximum atomic E-state index is 6.18. The Labute approximate surface area is 98.4 Å². The summed E-state index contributed by atoms with van der Waals surface area (Å²) in [6, 6.07) is 0.602. The molecular weight excluding hydrogens is 200 g/mol. The number of aromatic nitrogens is 2. The lowest BCUT2D eigenvalue weighted by molar-refractivity contribution is 0.209. The van der Waals surface area contributed by atoms with Crippen LogP contribution in [0.3, 0.4) is 0 Å². The molecule has 1 heterocycles. The number of hydrogen-bond acceptors (Lipinski definition) is 3. The Hall–Kier alpha value is -0.870. The largest absolute Gasteiger partial charge is 0.323 e. The van der Waals surface area contributed by atoms with Crippen molar-refractivity contribution in [1.82, 2.24) is 14.7 Å². The van der Waals surface area contributed by atoms with Crippen molar-refractivity contribution in [2.45, 2.75) is 39.3 Å². The molecule has 0 spiro atoms. The van der Waals surface area contributed by atoms with Crippen molar-refractivity contribution >= 4 is 0 Å². The Balaban J connectivity index is 2.57. The van der Waals surface area contributed by atoms with Gasteiger partial charge in [0.2, 0.25) is 0 Å². The highest BCUT2D eigenvalue weighted by Gasteiger charge is 2.15. The van der Waals surface area contributed by atoms with E-state index in [2.05, 4.69) is 30.8 Å². The molecule has 4 nitrogen and oxygen atoms in total. The number of hydrogen-bond donors (Lipinski definition) is 1. The van der Waals surface area contributed by atoms with E-state index in [1.54, 1.807) is 4.68 Å². The van der Waals surface area contributed by atoms with E-state index in [1.165, 1.54) is 0 Å². The molecule has 1 atom stereocenters. The Kier molecular flexibility index (Phi) is 4.96. The molecule has 1 unspecified atom stereocenters. The highest BCUT2D eigenvalue weighted by atomic mass is 15.2. The second-order valence-corrected chi connectivity index (χ2v) is 4.64. The molecule has 4 heteroatoms. The van der Waals surface area contributed by atoms with Gasteiger partial charge < -0.3 is 5.73 Å². The van der Waals surface area contributed by atoms with Crippen LogP contribution in [0.2, 0.25) is 0 Å². The summed E-state index contributed by atoms with van der Waals surface area (Å²) in [4.78, 5) is 2.41. The summed E-state index contributed by atoms with van der Waals surface area (Å²) in [6.45, 7) is 8.63. The van der Waals surface area contributed by atoms with E-state index in [0.717, 1.165) is 25.1 Å². The summed E-state index contributed by atoms with van der Waals surface area (Å²) in [7, 11) is 1.92. The first-order chi connectivity index (χ1) is 7.54. The smallest absolute Gasteiger partial charge is 0.0537 e. The van der Waals surface area contributed by atoms with Gasteiger partial charge in [-0.2, -0.15) is 5.10 Å². The second-order valence-electron chi connectivity index (χ2n) is 4.64. The van der Waals surface area contributed by atoms with Gasteiger partial charge >= 0.3 is 0 Å². The zero-order chi connectivity index (χ0) is 12.1. The van der Waals surface area contributed by atoms with Crippen molar-refractivity contribution in [3.8, 4) is 0 Å². The Morgan fingerprint density at radius 1 is 1.50 bits per heavy atom. The molecule has 0 bridgehead atoms. The van der Waals surface area contributed by atoms with E-state index in [9.17, 15) is 0 Å². The van der Waals surface area contributed by atoms with Gasteiger partial charge in [0, 0.05) is 37.4 Å². The molecule has 0 aliphatic heterocycles. The maximum absolute atomic E-state index is 6.18. The number of nitrogens with zero attached hydrogens (tertiary/aromatic N) is 3. The Morgan fingerprint density at radius 3 is 2.62 bits per heavy atom. The van der Waals surface area contributed by atoms with Gasteiger partial charge in [-0.3, -0.25) is 9.58 Å². The number of rotatable bonds is 6. The van der Waals surface area contributed by atoms with E-state index in [-0.39, 0.29) is 6.04 Å². The molecule has 0 aliphatic rings. The van der Waals surface area contributed by atoms with Gasteiger partial charge in [0.05, 0.1) is 6.20 Å². The normalized spacial score (nSPS) is 13.7. The average molecular weight is 224 g/mol. The van der Waals surface area contributed by atoms with Gasteiger partial charge in [-0.25, -0.2) is 0 Å². The first kappa shape index (κ1) is 13.2. The van der Waals surface area contributed by atoms with Crippen LogP contribution in [0, 0.1) is 0 Å². The van der Waals surface area contributed by atoms with Crippen LogP contribution in [0.15, 0.2) is 12.4 Å². The third-order valence-electron chi connectivity index (χ3n) is 2.83. The van der Waals surface area contributed by atoms with Crippen molar-refractivity contribution in [2.75, 3.05) is 13.1 Å². The minimum absolute atomic E-state index is 0.0580. The molecule has 1 aromatic rings. The minimum atomic E-state index is 0.0580. The zero-order valence-electron chi connectivity index (χ0n) is 10.8. The number of aryl methyl sites for hydroxylation is 1. The Bertz CT molecular complexity index is 306. The van der Waals surface area contributed by atoms with Crippen molar-refractivity contribution in [3.05, 3.63) is 18.0 Å². The van der Waals surface area contributed by atoms with Crippen LogP contribution in [0.4, 0.5) is 0 Å². The SMILES string of the molecule is CCCN(CC(N)c1cnn(C)c1)C(C)C. The van der Waals surface area contributed by atoms with E-state index >= 15 is 0 Å². The summed E-state index contributed by atoms with van der Waals surface area (Å²) in [5, 5.41) is 4.15. The van der Waals surface area contributed by atoms with Crippen LogP contribution >= 0.6 is 0 Å². The zero-order valence-corrected chi connectivity index (χ0v) is 10.8. The fourth-order valence-electron chi connectivity index (χ4n) is 1.84. The van der Waals surface area contributed by atoms with Gasteiger partial charge in [-0.1, -0.05) is 6.92 Å².